The van der Waals surface area contributed by atoms with Gasteiger partial charge in [-0.15, -0.1) is 10.2 Å². The molecule has 0 aliphatic rings. The summed E-state index contributed by atoms with van der Waals surface area (Å²) in [4.78, 5) is 0. The minimum Gasteiger partial charge on any atom is -0.330 e. The molecule has 0 bridgehead atoms. The van der Waals surface area contributed by atoms with Crippen molar-refractivity contribution in [3.8, 4) is 11.1 Å². The van der Waals surface area contributed by atoms with Crippen LogP contribution in [0, 0.1) is 5.82 Å². The van der Waals surface area contributed by atoms with Gasteiger partial charge < -0.3 is 5.32 Å². The molecule has 0 fully saturated rings. The maximum absolute atomic E-state index is 14.7. The van der Waals surface area contributed by atoms with Gasteiger partial charge in [-0.05, 0) is 41.5 Å². The molecule has 28 heavy (non-hydrogen) atoms. The molecule has 0 aliphatic heterocycles. The van der Waals surface area contributed by atoms with Crippen molar-refractivity contribution in [3.63, 3.8) is 0 Å². The molecule has 140 valence electrons. The average Bonchev–Trinajstić information content (AvgIpc) is 3.18. The van der Waals surface area contributed by atoms with E-state index in [1.165, 1.54) is 11.3 Å². The van der Waals surface area contributed by atoms with Crippen molar-refractivity contribution < 1.29 is 4.39 Å². The van der Waals surface area contributed by atoms with Gasteiger partial charge in [-0.25, -0.2) is 4.39 Å². The smallest absolute Gasteiger partial charge is 0.210 e. The minimum absolute atomic E-state index is 0.0578. The Kier molecular flexibility index (Phi) is 5.37. The first kappa shape index (κ1) is 18.6. The van der Waals surface area contributed by atoms with Gasteiger partial charge in [0.15, 0.2) is 0 Å². The number of anilines is 2. The zero-order valence-corrected chi connectivity index (χ0v) is 16.6. The Morgan fingerprint density at radius 2 is 1.71 bits per heavy atom. The van der Waals surface area contributed by atoms with Crippen molar-refractivity contribution in [2.45, 2.75) is 12.8 Å². The third kappa shape index (κ3) is 4.06. The third-order valence-electron chi connectivity index (χ3n) is 4.48. The molecule has 0 aliphatic carbocycles. The highest BCUT2D eigenvalue weighted by Crippen LogP contribution is 2.32. The topological polar surface area (TPSA) is 37.8 Å². The first-order valence-corrected chi connectivity index (χ1v) is 10.0. The second-order valence-electron chi connectivity index (χ2n) is 6.40. The molecule has 1 heterocycles. The average molecular weight is 410 g/mol. The summed E-state index contributed by atoms with van der Waals surface area (Å²) < 4.78 is 14.7. The molecule has 6 heteroatoms. The normalized spacial score (nSPS) is 12.0. The number of halogens is 2. The van der Waals surface area contributed by atoms with E-state index in [1.54, 1.807) is 6.07 Å². The van der Waals surface area contributed by atoms with Crippen LogP contribution in [-0.2, 0) is 0 Å². The van der Waals surface area contributed by atoms with Crippen LogP contribution in [0.5, 0.6) is 0 Å². The maximum Gasteiger partial charge on any atom is 0.210 e. The second-order valence-corrected chi connectivity index (χ2v) is 7.85. The van der Waals surface area contributed by atoms with Gasteiger partial charge in [-0.2, -0.15) is 0 Å². The second kappa shape index (κ2) is 8.09. The highest BCUT2D eigenvalue weighted by Gasteiger charge is 2.16. The lowest BCUT2D eigenvalue weighted by Crippen LogP contribution is -1.97. The van der Waals surface area contributed by atoms with E-state index in [-0.39, 0.29) is 11.7 Å². The van der Waals surface area contributed by atoms with Crippen molar-refractivity contribution in [1.82, 2.24) is 10.2 Å². The number of nitrogens with zero attached hydrogens (tertiary/aromatic N) is 2. The zero-order valence-electron chi connectivity index (χ0n) is 15.1. The molecule has 1 atom stereocenters. The first-order valence-electron chi connectivity index (χ1n) is 8.81. The van der Waals surface area contributed by atoms with Crippen LogP contribution in [0.3, 0.4) is 0 Å². The number of rotatable bonds is 5. The van der Waals surface area contributed by atoms with Crippen LogP contribution in [0.15, 0.2) is 72.8 Å². The van der Waals surface area contributed by atoms with E-state index in [4.69, 9.17) is 11.6 Å². The van der Waals surface area contributed by atoms with Crippen molar-refractivity contribution in [2.24, 2.45) is 0 Å². The summed E-state index contributed by atoms with van der Waals surface area (Å²) in [5.41, 5.74) is 3.22. The van der Waals surface area contributed by atoms with Crippen LogP contribution >= 0.6 is 22.9 Å². The van der Waals surface area contributed by atoms with Gasteiger partial charge in [0.05, 0.1) is 0 Å². The SMILES string of the molecule is CC(c1ccc(-c2ccccc2)c(F)c1)c1nnc(Nc2ccc(Cl)cc2)s1. The highest BCUT2D eigenvalue weighted by molar-refractivity contribution is 7.15. The summed E-state index contributed by atoms with van der Waals surface area (Å²) >= 11 is 7.36. The van der Waals surface area contributed by atoms with Crippen molar-refractivity contribution >= 4 is 33.8 Å². The molecule has 4 rings (SSSR count). The largest absolute Gasteiger partial charge is 0.330 e. The van der Waals surface area contributed by atoms with E-state index in [1.807, 2.05) is 73.7 Å². The predicted octanol–water partition coefficient (Wildman–Crippen LogP) is 6.89. The van der Waals surface area contributed by atoms with Crippen LogP contribution in [0.2, 0.25) is 5.02 Å². The Morgan fingerprint density at radius 3 is 2.43 bits per heavy atom. The van der Waals surface area contributed by atoms with E-state index in [0.29, 0.717) is 15.7 Å². The summed E-state index contributed by atoms with van der Waals surface area (Å²) in [7, 11) is 0. The molecular weight excluding hydrogens is 393 g/mol. The van der Waals surface area contributed by atoms with Gasteiger partial charge >= 0.3 is 0 Å². The Morgan fingerprint density at radius 1 is 0.964 bits per heavy atom. The van der Waals surface area contributed by atoms with Crippen molar-refractivity contribution in [2.75, 3.05) is 5.32 Å². The molecule has 4 aromatic rings. The van der Waals surface area contributed by atoms with E-state index < -0.39 is 0 Å². The number of hydrogen-bond donors (Lipinski definition) is 1. The summed E-state index contributed by atoms with van der Waals surface area (Å²) in [6, 6.07) is 22.3. The Hall–Kier alpha value is -2.76. The van der Waals surface area contributed by atoms with Crippen LogP contribution in [0.25, 0.3) is 11.1 Å². The molecule has 3 aromatic carbocycles. The fraction of sp³-hybridized carbons (Fsp3) is 0.0909. The summed E-state index contributed by atoms with van der Waals surface area (Å²) in [6.07, 6.45) is 0. The number of benzene rings is 3. The van der Waals surface area contributed by atoms with Crippen molar-refractivity contribution in [1.29, 1.82) is 0 Å². The molecular formula is C22H17ClFN3S. The molecule has 0 amide bonds. The maximum atomic E-state index is 14.7. The monoisotopic (exact) mass is 409 g/mol. The minimum atomic E-state index is -0.237. The molecule has 0 spiro atoms. The summed E-state index contributed by atoms with van der Waals surface area (Å²) in [5.74, 6) is -0.294. The lowest BCUT2D eigenvalue weighted by Gasteiger charge is -2.11. The lowest BCUT2D eigenvalue weighted by atomic mass is 9.97. The molecule has 0 saturated carbocycles. The Balaban J connectivity index is 1.53. The molecule has 0 radical (unpaired) electrons. The standard InChI is InChI=1S/C22H17ClFN3S/c1-14(16-7-12-19(20(24)13-16)15-5-3-2-4-6-15)21-26-27-22(28-21)25-18-10-8-17(23)9-11-18/h2-14H,1H3,(H,25,27). The van der Waals surface area contributed by atoms with E-state index in [2.05, 4.69) is 15.5 Å². The summed E-state index contributed by atoms with van der Waals surface area (Å²) in [5, 5.41) is 13.9. The fourth-order valence-corrected chi connectivity index (χ4v) is 3.88. The van der Waals surface area contributed by atoms with Gasteiger partial charge in [-0.3, -0.25) is 0 Å². The van der Waals surface area contributed by atoms with Crippen LogP contribution in [0.1, 0.15) is 23.4 Å². The van der Waals surface area contributed by atoms with E-state index in [9.17, 15) is 4.39 Å². The van der Waals surface area contributed by atoms with Gasteiger partial charge in [-0.1, -0.05) is 72.3 Å². The number of aromatic nitrogens is 2. The lowest BCUT2D eigenvalue weighted by molar-refractivity contribution is 0.627. The first-order chi connectivity index (χ1) is 13.6. The van der Waals surface area contributed by atoms with Gasteiger partial charge in [0, 0.05) is 22.2 Å². The fourth-order valence-electron chi connectivity index (χ4n) is 2.91. The van der Waals surface area contributed by atoms with E-state index >= 15 is 0 Å². The Labute approximate surface area is 171 Å². The summed E-state index contributed by atoms with van der Waals surface area (Å²) in [6.45, 7) is 2.00. The molecule has 1 unspecified atom stereocenters. The predicted molar refractivity (Wildman–Crippen MR) is 114 cm³/mol. The van der Waals surface area contributed by atoms with Crippen LogP contribution in [0.4, 0.5) is 15.2 Å². The quantitative estimate of drug-likeness (QED) is 0.389. The van der Waals surface area contributed by atoms with Crippen LogP contribution in [-0.4, -0.2) is 10.2 Å². The Bertz CT molecular complexity index is 1080. The zero-order chi connectivity index (χ0) is 19.5. The molecule has 1 aromatic heterocycles. The molecule has 1 N–H and O–H groups in total. The highest BCUT2D eigenvalue weighted by atomic mass is 35.5. The van der Waals surface area contributed by atoms with Gasteiger partial charge in [0.25, 0.3) is 0 Å². The van der Waals surface area contributed by atoms with Gasteiger partial charge in [0.2, 0.25) is 5.13 Å². The van der Waals surface area contributed by atoms with Crippen molar-refractivity contribution in [3.05, 3.63) is 94.2 Å². The molecule has 0 saturated heterocycles. The molecule has 3 nitrogen and oxygen atoms in total. The number of nitrogens with one attached hydrogen (secondary N) is 1. The van der Waals surface area contributed by atoms with E-state index in [0.717, 1.165) is 21.8 Å². The third-order valence-corrected chi connectivity index (χ3v) is 5.76. The van der Waals surface area contributed by atoms with Crippen LogP contribution < -0.4 is 5.32 Å². The number of hydrogen-bond acceptors (Lipinski definition) is 4. The van der Waals surface area contributed by atoms with Gasteiger partial charge in [0.1, 0.15) is 10.8 Å².